The zero-order valence-corrected chi connectivity index (χ0v) is 19.2. The molecule has 0 spiro atoms. The van der Waals surface area contributed by atoms with Crippen molar-refractivity contribution in [3.05, 3.63) is 40.4 Å². The van der Waals surface area contributed by atoms with Crippen molar-refractivity contribution in [1.29, 1.82) is 0 Å². The number of fused-ring (bicyclic) bond motifs is 3. The summed E-state index contributed by atoms with van der Waals surface area (Å²) >= 11 is 1.88. The summed E-state index contributed by atoms with van der Waals surface area (Å²) in [5, 5.41) is 1.28. The largest absolute Gasteiger partial charge is 0.459 e. The first-order valence-electron chi connectivity index (χ1n) is 11.5. The predicted molar refractivity (Wildman–Crippen MR) is 124 cm³/mol. The molecular formula is C24H30N4O2S. The van der Waals surface area contributed by atoms with Crippen LogP contribution in [0.25, 0.3) is 10.2 Å². The number of aryl methyl sites for hydroxylation is 2. The van der Waals surface area contributed by atoms with Crippen LogP contribution in [0.1, 0.15) is 59.9 Å². The normalized spacial score (nSPS) is 19.1. The summed E-state index contributed by atoms with van der Waals surface area (Å²) < 4.78 is 5.31. The quantitative estimate of drug-likeness (QED) is 0.577. The highest BCUT2D eigenvalue weighted by Gasteiger charge is 2.29. The molecule has 1 fully saturated rings. The van der Waals surface area contributed by atoms with Crippen LogP contribution in [0.3, 0.4) is 0 Å². The summed E-state index contributed by atoms with van der Waals surface area (Å²) in [6.45, 7) is 7.48. The third kappa shape index (κ3) is 3.95. The van der Waals surface area contributed by atoms with Gasteiger partial charge in [0.25, 0.3) is 5.91 Å². The Kier molecular flexibility index (Phi) is 5.69. The van der Waals surface area contributed by atoms with Crippen LogP contribution in [0.4, 0.5) is 5.82 Å². The van der Waals surface area contributed by atoms with E-state index in [1.165, 1.54) is 22.2 Å². The van der Waals surface area contributed by atoms with Crippen molar-refractivity contribution in [3.63, 3.8) is 0 Å². The molecule has 7 heteroatoms. The Morgan fingerprint density at radius 2 is 2.10 bits per heavy atom. The van der Waals surface area contributed by atoms with E-state index >= 15 is 0 Å². The topological polar surface area (TPSA) is 62.5 Å². The maximum atomic E-state index is 12.7. The third-order valence-electron chi connectivity index (χ3n) is 6.53. The fraction of sp³-hybridized carbons (Fsp3) is 0.542. The van der Waals surface area contributed by atoms with Crippen molar-refractivity contribution < 1.29 is 9.21 Å². The molecule has 6 nitrogen and oxygen atoms in total. The van der Waals surface area contributed by atoms with Gasteiger partial charge in [-0.25, -0.2) is 9.97 Å². The molecule has 1 saturated heterocycles. The molecule has 3 aromatic heterocycles. The third-order valence-corrected chi connectivity index (χ3v) is 7.68. The molecule has 0 saturated carbocycles. The van der Waals surface area contributed by atoms with Crippen LogP contribution in [0.2, 0.25) is 0 Å². The van der Waals surface area contributed by atoms with Crippen molar-refractivity contribution in [2.24, 2.45) is 5.92 Å². The molecule has 1 unspecified atom stereocenters. The lowest BCUT2D eigenvalue weighted by molar-refractivity contribution is 0.0714. The minimum absolute atomic E-state index is 0.0250. The average molecular weight is 439 g/mol. The highest BCUT2D eigenvalue weighted by atomic mass is 32.1. The minimum atomic E-state index is -0.0250. The number of thiophene rings is 1. The molecule has 1 aliphatic carbocycles. The summed E-state index contributed by atoms with van der Waals surface area (Å²) in [6.07, 6.45) is 8.25. The van der Waals surface area contributed by atoms with Crippen LogP contribution in [0.5, 0.6) is 0 Å². The molecule has 164 valence electrons. The van der Waals surface area contributed by atoms with E-state index in [0.29, 0.717) is 18.8 Å². The fourth-order valence-electron chi connectivity index (χ4n) is 4.72. The number of hydrogen-bond acceptors (Lipinski definition) is 6. The number of carbonyl (C=O) groups is 1. The van der Waals surface area contributed by atoms with Gasteiger partial charge in [-0.15, -0.1) is 11.3 Å². The van der Waals surface area contributed by atoms with Crippen LogP contribution in [-0.2, 0) is 19.3 Å². The van der Waals surface area contributed by atoms with Crippen molar-refractivity contribution in [1.82, 2.24) is 14.9 Å². The highest BCUT2D eigenvalue weighted by Crippen LogP contribution is 2.41. The molecule has 5 rings (SSSR count). The van der Waals surface area contributed by atoms with Crippen molar-refractivity contribution in [2.45, 2.75) is 52.4 Å². The van der Waals surface area contributed by atoms with E-state index in [9.17, 15) is 4.79 Å². The second-order valence-corrected chi connectivity index (χ2v) is 9.94. The van der Waals surface area contributed by atoms with Gasteiger partial charge in [-0.2, -0.15) is 0 Å². The van der Waals surface area contributed by atoms with Crippen LogP contribution in [0.15, 0.2) is 22.8 Å². The maximum Gasteiger partial charge on any atom is 0.289 e. The van der Waals surface area contributed by atoms with Crippen molar-refractivity contribution in [2.75, 3.05) is 31.1 Å². The van der Waals surface area contributed by atoms with Crippen LogP contribution >= 0.6 is 11.3 Å². The predicted octanol–water partition coefficient (Wildman–Crippen LogP) is 4.71. The Balaban J connectivity index is 1.45. The Bertz CT molecular complexity index is 1070. The number of piperazine rings is 1. The van der Waals surface area contributed by atoms with Gasteiger partial charge in [0.1, 0.15) is 16.5 Å². The van der Waals surface area contributed by atoms with Gasteiger partial charge in [-0.1, -0.05) is 20.3 Å². The van der Waals surface area contributed by atoms with Gasteiger partial charge in [0.05, 0.1) is 11.6 Å². The van der Waals surface area contributed by atoms with Crippen molar-refractivity contribution >= 4 is 33.3 Å². The lowest BCUT2D eigenvalue weighted by Crippen LogP contribution is -2.49. The number of furan rings is 1. The molecule has 1 aliphatic heterocycles. The van der Waals surface area contributed by atoms with E-state index in [1.54, 1.807) is 18.4 Å². The summed E-state index contributed by atoms with van der Waals surface area (Å²) in [5.74, 6) is 3.19. The number of rotatable bonds is 5. The minimum Gasteiger partial charge on any atom is -0.459 e. The standard InChI is InChI=1S/C24H30N4O2S/c1-3-4-7-20-25-22(21-17-9-8-16(2)15-19(17)31-23(21)26-20)27-10-12-28(13-11-27)24(29)18-6-5-14-30-18/h5-6,14,16H,3-4,7-13,15H2,1-2H3. The molecule has 2 aliphatic rings. The zero-order valence-electron chi connectivity index (χ0n) is 18.4. The van der Waals surface area contributed by atoms with Gasteiger partial charge in [0.15, 0.2) is 5.76 Å². The van der Waals surface area contributed by atoms with Gasteiger partial charge in [-0.3, -0.25) is 4.79 Å². The molecule has 3 aromatic rings. The fourth-order valence-corrected chi connectivity index (χ4v) is 6.12. The Morgan fingerprint density at radius 3 is 2.84 bits per heavy atom. The molecule has 1 atom stereocenters. The Labute approximate surface area is 187 Å². The lowest BCUT2D eigenvalue weighted by atomic mass is 9.89. The average Bonchev–Trinajstić information content (AvgIpc) is 3.44. The molecular weight excluding hydrogens is 408 g/mol. The first-order chi connectivity index (χ1) is 15.1. The first kappa shape index (κ1) is 20.5. The number of nitrogens with zero attached hydrogens (tertiary/aromatic N) is 4. The maximum absolute atomic E-state index is 12.7. The second kappa shape index (κ2) is 8.61. The molecule has 0 radical (unpaired) electrons. The summed E-state index contributed by atoms with van der Waals surface area (Å²) in [5.41, 5.74) is 1.48. The SMILES string of the molecule is CCCCc1nc(N2CCN(C(=O)c3ccco3)CC2)c2c3c(sc2n1)CC(C)CC3. The van der Waals surface area contributed by atoms with Gasteiger partial charge in [0.2, 0.25) is 0 Å². The second-order valence-electron chi connectivity index (χ2n) is 8.86. The molecule has 0 aromatic carbocycles. The molecule has 4 heterocycles. The van der Waals surface area contributed by atoms with Gasteiger partial charge < -0.3 is 14.2 Å². The highest BCUT2D eigenvalue weighted by molar-refractivity contribution is 7.19. The molecule has 1 amide bonds. The van der Waals surface area contributed by atoms with E-state index in [1.807, 2.05) is 16.2 Å². The van der Waals surface area contributed by atoms with Crippen LogP contribution < -0.4 is 4.90 Å². The number of amides is 1. The van der Waals surface area contributed by atoms with Crippen molar-refractivity contribution in [3.8, 4) is 0 Å². The number of hydrogen-bond donors (Lipinski definition) is 0. The van der Waals surface area contributed by atoms with E-state index in [-0.39, 0.29) is 5.91 Å². The number of unbranched alkanes of at least 4 members (excludes halogenated alkanes) is 1. The first-order valence-corrected chi connectivity index (χ1v) is 12.3. The van der Waals surface area contributed by atoms with Crippen LogP contribution in [-0.4, -0.2) is 47.0 Å². The van der Waals surface area contributed by atoms with E-state index in [0.717, 1.165) is 67.6 Å². The van der Waals surface area contributed by atoms with Gasteiger partial charge in [0, 0.05) is 37.5 Å². The monoisotopic (exact) mass is 438 g/mol. The van der Waals surface area contributed by atoms with E-state index in [4.69, 9.17) is 14.4 Å². The Hall–Kier alpha value is -2.41. The number of aromatic nitrogens is 2. The molecule has 31 heavy (non-hydrogen) atoms. The summed E-state index contributed by atoms with van der Waals surface area (Å²) in [7, 11) is 0. The van der Waals surface area contributed by atoms with Crippen LogP contribution in [0, 0.1) is 5.92 Å². The van der Waals surface area contributed by atoms with E-state index in [2.05, 4.69) is 18.7 Å². The Morgan fingerprint density at radius 1 is 1.26 bits per heavy atom. The summed E-state index contributed by atoms with van der Waals surface area (Å²) in [4.78, 5) is 29.6. The number of anilines is 1. The smallest absolute Gasteiger partial charge is 0.289 e. The van der Waals surface area contributed by atoms with Gasteiger partial charge >= 0.3 is 0 Å². The molecule has 0 N–H and O–H groups in total. The van der Waals surface area contributed by atoms with Gasteiger partial charge in [-0.05, 0) is 49.3 Å². The number of carbonyl (C=O) groups excluding carboxylic acids is 1. The van der Waals surface area contributed by atoms with E-state index < -0.39 is 0 Å². The lowest BCUT2D eigenvalue weighted by Gasteiger charge is -2.35. The molecule has 0 bridgehead atoms. The zero-order chi connectivity index (χ0) is 21.4. The summed E-state index contributed by atoms with van der Waals surface area (Å²) in [6, 6.07) is 3.50.